The number of carbonyl (C=O) groups is 1. The lowest BCUT2D eigenvalue weighted by atomic mass is 10.2. The fourth-order valence-corrected chi connectivity index (χ4v) is 2.02. The van der Waals surface area contributed by atoms with Gasteiger partial charge in [-0.1, -0.05) is 42.5 Å². The van der Waals surface area contributed by atoms with Crippen molar-refractivity contribution in [3.63, 3.8) is 0 Å². The summed E-state index contributed by atoms with van der Waals surface area (Å²) < 4.78 is 0.990. The monoisotopic (exact) mass is 314 g/mol. The third-order valence-corrected chi connectivity index (χ3v) is 3.10. The van der Waals surface area contributed by atoms with Gasteiger partial charge in [0.25, 0.3) is 0 Å². The number of halogens is 1. The summed E-state index contributed by atoms with van der Waals surface area (Å²) in [7, 11) is 0. The van der Waals surface area contributed by atoms with Crippen LogP contribution in [0.2, 0.25) is 0 Å². The van der Waals surface area contributed by atoms with E-state index in [0.29, 0.717) is 0 Å². The molecule has 1 nitrogen and oxygen atoms in total. The Balaban J connectivity index is 2.42. The molecule has 0 heterocycles. The highest BCUT2D eigenvalue weighted by Crippen LogP contribution is 2.15. The highest BCUT2D eigenvalue weighted by atomic mass is 127. The standard InChI is InChI=1S/C13H9IO/c14-12-9-5-4-8-11(12)13(15)10-6-2-1-3-7-10/h1-9H/i1+1,2+1,3+1,6+1,7+1,10+1. The smallest absolute Gasteiger partial charge is 0.194 e. The molecule has 0 amide bonds. The van der Waals surface area contributed by atoms with Crippen LogP contribution in [0.25, 0.3) is 0 Å². The zero-order chi connectivity index (χ0) is 10.7. The molecule has 2 aromatic rings. The third kappa shape index (κ3) is 2.26. The van der Waals surface area contributed by atoms with Crippen LogP contribution in [0.5, 0.6) is 0 Å². The highest BCUT2D eigenvalue weighted by molar-refractivity contribution is 14.1. The molecule has 0 aromatic heterocycles. The van der Waals surface area contributed by atoms with E-state index in [4.69, 9.17) is 0 Å². The Morgan fingerprint density at radius 3 is 2.13 bits per heavy atom. The summed E-state index contributed by atoms with van der Waals surface area (Å²) in [6, 6.07) is 17.0. The maximum absolute atomic E-state index is 12.1. The van der Waals surface area contributed by atoms with Gasteiger partial charge in [0.1, 0.15) is 0 Å². The van der Waals surface area contributed by atoms with E-state index in [-0.39, 0.29) is 5.78 Å². The number of carbonyl (C=O) groups excluding carboxylic acids is 1. The number of hydrogen-bond acceptors (Lipinski definition) is 1. The van der Waals surface area contributed by atoms with E-state index in [1.807, 2.05) is 54.6 Å². The first-order chi connectivity index (χ1) is 7.29. The Labute approximate surface area is 102 Å². The minimum atomic E-state index is 0.0839. The van der Waals surface area contributed by atoms with Crippen LogP contribution in [0.4, 0.5) is 0 Å². The molecular weight excluding hydrogens is 305 g/mol. The summed E-state index contributed by atoms with van der Waals surface area (Å²) in [6.07, 6.45) is 0. The SMILES string of the molecule is O=C(c1ccccc1I)[13c]1[13cH][13cH][13cH][13cH][13cH]1. The molecule has 0 saturated heterocycles. The fraction of sp³-hybridized carbons (Fsp3) is 0. The second-order valence-corrected chi connectivity index (χ2v) is 4.34. The van der Waals surface area contributed by atoms with Gasteiger partial charge < -0.3 is 0 Å². The number of hydrogen-bond donors (Lipinski definition) is 0. The Hall–Kier alpha value is -1.16. The first-order valence-electron chi connectivity index (χ1n) is 4.63. The van der Waals surface area contributed by atoms with Gasteiger partial charge in [0.2, 0.25) is 0 Å². The second kappa shape index (κ2) is 4.57. The predicted octanol–water partition coefficient (Wildman–Crippen LogP) is 3.52. The van der Waals surface area contributed by atoms with Gasteiger partial charge in [-0.2, -0.15) is 0 Å². The molecule has 0 unspecified atom stereocenters. The van der Waals surface area contributed by atoms with Gasteiger partial charge >= 0.3 is 0 Å². The minimum Gasteiger partial charge on any atom is -0.289 e. The van der Waals surface area contributed by atoms with Crippen molar-refractivity contribution in [1.29, 1.82) is 0 Å². The first kappa shape index (κ1) is 10.4. The van der Waals surface area contributed by atoms with Crippen LogP contribution in [0.3, 0.4) is 0 Å². The quantitative estimate of drug-likeness (QED) is 0.612. The van der Waals surface area contributed by atoms with E-state index < -0.39 is 0 Å². The van der Waals surface area contributed by atoms with E-state index in [2.05, 4.69) is 22.6 Å². The van der Waals surface area contributed by atoms with Crippen molar-refractivity contribution in [1.82, 2.24) is 0 Å². The molecule has 0 saturated carbocycles. The van der Waals surface area contributed by atoms with Crippen molar-refractivity contribution in [2.75, 3.05) is 0 Å². The van der Waals surface area contributed by atoms with Crippen LogP contribution in [-0.2, 0) is 0 Å². The molecule has 0 radical (unpaired) electrons. The van der Waals surface area contributed by atoms with Crippen molar-refractivity contribution >= 4 is 28.4 Å². The van der Waals surface area contributed by atoms with Gasteiger partial charge in [0.15, 0.2) is 5.78 Å². The van der Waals surface area contributed by atoms with Gasteiger partial charge in [-0.25, -0.2) is 0 Å². The molecule has 0 fully saturated rings. The maximum atomic E-state index is 12.1. The summed E-state index contributed by atoms with van der Waals surface area (Å²) >= 11 is 2.18. The summed E-state index contributed by atoms with van der Waals surface area (Å²) in [5, 5.41) is 0. The number of ketones is 1. The van der Waals surface area contributed by atoms with Gasteiger partial charge in [-0.3, -0.25) is 4.79 Å². The fourth-order valence-electron chi connectivity index (χ4n) is 1.39. The summed E-state index contributed by atoms with van der Waals surface area (Å²) in [5.74, 6) is 0.0839. The summed E-state index contributed by atoms with van der Waals surface area (Å²) in [6.45, 7) is 0. The van der Waals surface area contributed by atoms with Crippen LogP contribution >= 0.6 is 22.6 Å². The third-order valence-electron chi connectivity index (χ3n) is 2.15. The van der Waals surface area contributed by atoms with Crippen molar-refractivity contribution in [2.45, 2.75) is 0 Å². The molecule has 0 bridgehead atoms. The molecule has 0 aliphatic carbocycles. The molecular formula is C13H9IO. The average Bonchev–Trinajstić information content (AvgIpc) is 2.30. The molecule has 2 aromatic carbocycles. The Kier molecular flexibility index (Phi) is 3.16. The summed E-state index contributed by atoms with van der Waals surface area (Å²) in [4.78, 5) is 12.1. The second-order valence-electron chi connectivity index (χ2n) is 3.17. The van der Waals surface area contributed by atoms with Gasteiger partial charge in [0.05, 0.1) is 0 Å². The largest absolute Gasteiger partial charge is 0.289 e. The highest BCUT2D eigenvalue weighted by Gasteiger charge is 2.10. The van der Waals surface area contributed by atoms with Crippen molar-refractivity contribution < 1.29 is 4.79 Å². The predicted molar refractivity (Wildman–Crippen MR) is 69.0 cm³/mol. The zero-order valence-electron chi connectivity index (χ0n) is 7.98. The molecule has 0 atom stereocenters. The van der Waals surface area contributed by atoms with Gasteiger partial charge in [-0.15, -0.1) is 0 Å². The van der Waals surface area contributed by atoms with Crippen molar-refractivity contribution in [3.05, 3.63) is 69.3 Å². The first-order valence-corrected chi connectivity index (χ1v) is 5.71. The Morgan fingerprint density at radius 2 is 1.47 bits per heavy atom. The van der Waals surface area contributed by atoms with Crippen LogP contribution in [0.1, 0.15) is 15.9 Å². The van der Waals surface area contributed by atoms with E-state index in [1.54, 1.807) is 0 Å². The lowest BCUT2D eigenvalue weighted by Gasteiger charge is -2.02. The van der Waals surface area contributed by atoms with Crippen LogP contribution in [0, 0.1) is 3.57 Å². The topological polar surface area (TPSA) is 17.1 Å². The summed E-state index contributed by atoms with van der Waals surface area (Å²) in [5.41, 5.74) is 1.51. The number of benzene rings is 2. The Morgan fingerprint density at radius 1 is 0.867 bits per heavy atom. The van der Waals surface area contributed by atoms with Gasteiger partial charge in [0, 0.05) is 14.7 Å². The van der Waals surface area contributed by atoms with Crippen LogP contribution in [0.15, 0.2) is 54.6 Å². The molecule has 74 valence electrons. The number of rotatable bonds is 2. The molecule has 15 heavy (non-hydrogen) atoms. The van der Waals surface area contributed by atoms with Gasteiger partial charge in [-0.05, 0) is 34.7 Å². The zero-order valence-corrected chi connectivity index (χ0v) is 10.1. The normalized spacial score (nSPS) is 9.93. The van der Waals surface area contributed by atoms with E-state index in [9.17, 15) is 4.79 Å². The van der Waals surface area contributed by atoms with Crippen LogP contribution < -0.4 is 0 Å². The molecule has 0 N–H and O–H groups in total. The average molecular weight is 314 g/mol. The molecule has 0 aliphatic rings. The van der Waals surface area contributed by atoms with E-state index in [1.165, 1.54) is 0 Å². The minimum absolute atomic E-state index is 0.0839. The Bertz CT molecular complexity index is 477. The lowest BCUT2D eigenvalue weighted by molar-refractivity contribution is 0.103. The molecule has 0 spiro atoms. The molecule has 2 heteroatoms. The maximum Gasteiger partial charge on any atom is 0.194 e. The van der Waals surface area contributed by atoms with E-state index in [0.717, 1.165) is 14.7 Å². The molecule has 2 rings (SSSR count). The van der Waals surface area contributed by atoms with E-state index >= 15 is 0 Å². The van der Waals surface area contributed by atoms with Crippen molar-refractivity contribution in [2.24, 2.45) is 0 Å². The lowest BCUT2D eigenvalue weighted by Crippen LogP contribution is -2.02. The van der Waals surface area contributed by atoms with Crippen LogP contribution in [-0.4, -0.2) is 5.78 Å². The van der Waals surface area contributed by atoms with Crippen molar-refractivity contribution in [3.8, 4) is 0 Å². The molecule has 0 aliphatic heterocycles.